The van der Waals surface area contributed by atoms with E-state index in [0.717, 1.165) is 29.9 Å². The molecule has 0 fully saturated rings. The van der Waals surface area contributed by atoms with Gasteiger partial charge in [0.1, 0.15) is 0 Å². The van der Waals surface area contributed by atoms with Crippen LogP contribution in [0.5, 0.6) is 0 Å². The van der Waals surface area contributed by atoms with Gasteiger partial charge in [-0.3, -0.25) is 14.2 Å². The van der Waals surface area contributed by atoms with Crippen LogP contribution in [0.15, 0.2) is 87.8 Å². The zero-order valence-electron chi connectivity index (χ0n) is 20.6. The molecule has 1 N–H and O–H groups in total. The van der Waals surface area contributed by atoms with Crippen molar-refractivity contribution in [3.8, 4) is 5.69 Å². The van der Waals surface area contributed by atoms with Gasteiger partial charge in [0, 0.05) is 18.8 Å². The number of hydrogen-bond donors (Lipinski definition) is 1. The summed E-state index contributed by atoms with van der Waals surface area (Å²) in [5.74, 6) is -0.219. The van der Waals surface area contributed by atoms with E-state index in [4.69, 9.17) is 0 Å². The molecule has 1 heterocycles. The third-order valence-corrected chi connectivity index (χ3v) is 6.73. The van der Waals surface area contributed by atoms with Crippen LogP contribution < -0.4 is 15.9 Å². The summed E-state index contributed by atoms with van der Waals surface area (Å²) in [6.45, 7) is 8.13. The zero-order valence-corrected chi connectivity index (χ0v) is 21.5. The smallest absolute Gasteiger partial charge is 0.266 e. The van der Waals surface area contributed by atoms with E-state index in [1.54, 1.807) is 22.9 Å². The molecule has 0 aliphatic carbocycles. The summed E-state index contributed by atoms with van der Waals surface area (Å²) in [7, 11) is 0. The van der Waals surface area contributed by atoms with E-state index in [-0.39, 0.29) is 17.2 Å². The van der Waals surface area contributed by atoms with E-state index < -0.39 is 0 Å². The van der Waals surface area contributed by atoms with Crippen LogP contribution in [0.1, 0.15) is 25.0 Å². The fraction of sp³-hybridized carbons (Fsp3) is 0.214. The van der Waals surface area contributed by atoms with Crippen LogP contribution in [0.4, 0.5) is 5.69 Å². The molecule has 0 atom stereocenters. The fourth-order valence-electron chi connectivity index (χ4n) is 3.83. The van der Waals surface area contributed by atoms with Gasteiger partial charge in [0.25, 0.3) is 11.5 Å². The predicted molar refractivity (Wildman–Crippen MR) is 149 cm³/mol. The van der Waals surface area contributed by atoms with Gasteiger partial charge in [-0.2, -0.15) is 5.10 Å². The Bertz CT molecular complexity index is 1430. The minimum Gasteiger partial charge on any atom is -0.372 e. The van der Waals surface area contributed by atoms with Crippen molar-refractivity contribution in [2.24, 2.45) is 5.10 Å². The van der Waals surface area contributed by atoms with Gasteiger partial charge < -0.3 is 4.90 Å². The Hall–Kier alpha value is -3.91. The first-order valence-electron chi connectivity index (χ1n) is 11.9. The molecule has 3 aromatic carbocycles. The van der Waals surface area contributed by atoms with E-state index in [1.807, 2.05) is 67.6 Å². The van der Waals surface area contributed by atoms with Crippen molar-refractivity contribution >= 4 is 40.5 Å². The van der Waals surface area contributed by atoms with Gasteiger partial charge >= 0.3 is 0 Å². The average Bonchev–Trinajstić information content (AvgIpc) is 2.90. The largest absolute Gasteiger partial charge is 0.372 e. The number of fused-ring (bicyclic) bond motifs is 1. The molecule has 0 aliphatic heterocycles. The van der Waals surface area contributed by atoms with Gasteiger partial charge in [0.05, 0.1) is 28.6 Å². The molecule has 1 amide bonds. The van der Waals surface area contributed by atoms with Crippen molar-refractivity contribution in [2.45, 2.75) is 25.9 Å². The second-order valence-corrected chi connectivity index (χ2v) is 9.18. The molecule has 4 aromatic rings. The second kappa shape index (κ2) is 11.7. The number of amides is 1. The lowest BCUT2D eigenvalue weighted by molar-refractivity contribution is -0.118. The topological polar surface area (TPSA) is 79.6 Å². The molecule has 0 saturated carbocycles. The molecular formula is C28H29N5O2S. The molecule has 36 heavy (non-hydrogen) atoms. The number of hydrazone groups is 1. The number of thioether (sulfide) groups is 1. The predicted octanol–water partition coefficient (Wildman–Crippen LogP) is 4.78. The molecular weight excluding hydrogens is 470 g/mol. The van der Waals surface area contributed by atoms with Crippen molar-refractivity contribution in [1.82, 2.24) is 15.0 Å². The van der Waals surface area contributed by atoms with Crippen molar-refractivity contribution in [2.75, 3.05) is 23.7 Å². The summed E-state index contributed by atoms with van der Waals surface area (Å²) in [6, 6.07) is 22.9. The van der Waals surface area contributed by atoms with Crippen LogP contribution in [0.2, 0.25) is 0 Å². The Morgan fingerprint density at radius 1 is 1.03 bits per heavy atom. The standard InChI is InChI=1S/C28H29N5O2S/c1-4-32(5-2)22-16-12-21(13-17-22)18-29-31-26(34)19-36-28-30-25-9-7-6-8-24(25)27(35)33(28)23-14-10-20(3)11-15-23/h6-18H,4-5,19H2,1-3H3,(H,31,34)/b29-18-. The Labute approximate surface area is 214 Å². The van der Waals surface area contributed by atoms with Crippen molar-refractivity contribution in [3.05, 3.63) is 94.3 Å². The number of carbonyl (C=O) groups is 1. The second-order valence-electron chi connectivity index (χ2n) is 8.23. The number of nitrogens with one attached hydrogen (secondary N) is 1. The average molecular weight is 500 g/mol. The lowest BCUT2D eigenvalue weighted by Gasteiger charge is -2.20. The highest BCUT2D eigenvalue weighted by Crippen LogP contribution is 2.21. The van der Waals surface area contributed by atoms with E-state index in [2.05, 4.69) is 34.3 Å². The molecule has 0 spiro atoms. The van der Waals surface area contributed by atoms with Gasteiger partial charge in [-0.05, 0) is 62.7 Å². The first-order valence-corrected chi connectivity index (χ1v) is 12.9. The number of carbonyl (C=O) groups excluding carboxylic acids is 1. The molecule has 0 unspecified atom stereocenters. The van der Waals surface area contributed by atoms with Crippen LogP contribution in [0.3, 0.4) is 0 Å². The lowest BCUT2D eigenvalue weighted by Crippen LogP contribution is -2.24. The Kier molecular flexibility index (Phi) is 8.17. The summed E-state index contributed by atoms with van der Waals surface area (Å²) in [6.07, 6.45) is 1.62. The van der Waals surface area contributed by atoms with Gasteiger partial charge in [0.15, 0.2) is 5.16 Å². The number of hydrogen-bond acceptors (Lipinski definition) is 6. The van der Waals surface area contributed by atoms with E-state index in [9.17, 15) is 9.59 Å². The quantitative estimate of drug-likeness (QED) is 0.155. The number of para-hydroxylation sites is 1. The minimum atomic E-state index is -0.283. The summed E-state index contributed by atoms with van der Waals surface area (Å²) in [4.78, 5) is 32.7. The lowest BCUT2D eigenvalue weighted by atomic mass is 10.2. The highest BCUT2D eigenvalue weighted by Gasteiger charge is 2.14. The zero-order chi connectivity index (χ0) is 25.5. The number of aromatic nitrogens is 2. The van der Waals surface area contributed by atoms with Gasteiger partial charge in [-0.25, -0.2) is 10.4 Å². The highest BCUT2D eigenvalue weighted by molar-refractivity contribution is 7.99. The first kappa shape index (κ1) is 25.2. The Morgan fingerprint density at radius 3 is 2.42 bits per heavy atom. The highest BCUT2D eigenvalue weighted by atomic mass is 32.2. The van der Waals surface area contributed by atoms with Crippen LogP contribution in [0, 0.1) is 6.92 Å². The monoisotopic (exact) mass is 499 g/mol. The molecule has 0 radical (unpaired) electrons. The Morgan fingerprint density at radius 2 is 1.72 bits per heavy atom. The normalized spacial score (nSPS) is 11.2. The molecule has 1 aromatic heterocycles. The van der Waals surface area contributed by atoms with Crippen molar-refractivity contribution < 1.29 is 4.79 Å². The molecule has 7 nitrogen and oxygen atoms in total. The van der Waals surface area contributed by atoms with Crippen molar-refractivity contribution in [3.63, 3.8) is 0 Å². The third kappa shape index (κ3) is 5.83. The number of benzene rings is 3. The van der Waals surface area contributed by atoms with Crippen molar-refractivity contribution in [1.29, 1.82) is 0 Å². The van der Waals surface area contributed by atoms with Gasteiger partial charge in [-0.15, -0.1) is 0 Å². The maximum atomic E-state index is 13.3. The summed E-state index contributed by atoms with van der Waals surface area (Å²) in [5, 5.41) is 5.07. The fourth-order valence-corrected chi connectivity index (χ4v) is 4.64. The van der Waals surface area contributed by atoms with Gasteiger partial charge in [-0.1, -0.05) is 53.7 Å². The number of anilines is 1. The van der Waals surface area contributed by atoms with E-state index in [1.165, 1.54) is 11.8 Å². The maximum Gasteiger partial charge on any atom is 0.266 e. The molecule has 0 bridgehead atoms. The third-order valence-electron chi connectivity index (χ3n) is 5.79. The minimum absolute atomic E-state index is 0.0644. The first-order chi connectivity index (χ1) is 17.5. The van der Waals surface area contributed by atoms with Crippen LogP contribution in [0.25, 0.3) is 16.6 Å². The molecule has 4 rings (SSSR count). The summed E-state index contributed by atoms with van der Waals surface area (Å²) < 4.78 is 1.56. The molecule has 184 valence electrons. The SMILES string of the molecule is CCN(CC)c1ccc(/C=N\NC(=O)CSc2nc3ccccc3c(=O)n2-c2ccc(C)cc2)cc1. The molecule has 0 saturated heterocycles. The van der Waals surface area contributed by atoms with Crippen LogP contribution in [-0.4, -0.2) is 40.5 Å². The number of nitrogens with zero attached hydrogens (tertiary/aromatic N) is 4. The van der Waals surface area contributed by atoms with Gasteiger partial charge in [0.2, 0.25) is 0 Å². The van der Waals surface area contributed by atoms with E-state index >= 15 is 0 Å². The Balaban J connectivity index is 1.47. The molecule has 8 heteroatoms. The van der Waals surface area contributed by atoms with Crippen LogP contribution in [-0.2, 0) is 4.79 Å². The molecule has 0 aliphatic rings. The summed E-state index contributed by atoms with van der Waals surface area (Å²) >= 11 is 1.20. The van der Waals surface area contributed by atoms with Crippen LogP contribution >= 0.6 is 11.8 Å². The maximum absolute atomic E-state index is 13.3. The number of rotatable bonds is 9. The summed E-state index contributed by atoms with van der Waals surface area (Å²) in [5.41, 5.74) is 6.84. The van der Waals surface area contributed by atoms with E-state index in [0.29, 0.717) is 21.7 Å². The number of aryl methyl sites for hydroxylation is 1.